The molecule has 0 bridgehead atoms. The van der Waals surface area contributed by atoms with Crippen LogP contribution in [0.5, 0.6) is 0 Å². The van der Waals surface area contributed by atoms with Crippen molar-refractivity contribution in [3.63, 3.8) is 0 Å². The summed E-state index contributed by atoms with van der Waals surface area (Å²) in [6, 6.07) is 28.0. The second-order valence-corrected chi connectivity index (χ2v) is 20.0. The lowest BCUT2D eigenvalue weighted by Crippen LogP contribution is -2.42. The van der Waals surface area contributed by atoms with Crippen molar-refractivity contribution in [2.24, 2.45) is 28.0 Å². The lowest BCUT2D eigenvalue weighted by molar-refractivity contribution is -0.138. The molecule has 4 aromatic rings. The zero-order chi connectivity index (χ0) is 49.4. The van der Waals surface area contributed by atoms with Crippen LogP contribution in [0.25, 0.3) is 0 Å². The van der Waals surface area contributed by atoms with Crippen molar-refractivity contribution in [2.75, 3.05) is 41.3 Å². The van der Waals surface area contributed by atoms with Gasteiger partial charge in [-0.15, -0.1) is 0 Å². The van der Waals surface area contributed by atoms with Gasteiger partial charge in [0.1, 0.15) is 0 Å². The third kappa shape index (κ3) is 23.2. The van der Waals surface area contributed by atoms with Crippen molar-refractivity contribution in [2.45, 2.75) is 119 Å². The Morgan fingerprint density at radius 1 is 0.565 bits per heavy atom. The number of carboxylic acids is 1. The summed E-state index contributed by atoms with van der Waals surface area (Å²) in [5, 5.41) is 12.1. The second kappa shape index (κ2) is 32.1. The molecule has 0 saturated carbocycles. The van der Waals surface area contributed by atoms with Gasteiger partial charge in [0.05, 0.1) is 6.42 Å². The van der Waals surface area contributed by atoms with Crippen LogP contribution in [0.15, 0.2) is 84.9 Å². The number of benzene rings is 4. The van der Waals surface area contributed by atoms with Gasteiger partial charge in [-0.3, -0.25) is 19.2 Å². The molecule has 69 heavy (non-hydrogen) atoms. The number of aliphatic carboxylic acids is 1. The van der Waals surface area contributed by atoms with E-state index in [1.807, 2.05) is 129 Å². The zero-order valence-corrected chi connectivity index (χ0v) is 47.8. The molecule has 4 atom stereocenters. The lowest BCUT2D eigenvalue weighted by atomic mass is 9.74. The van der Waals surface area contributed by atoms with Gasteiger partial charge in [0, 0.05) is 42.7 Å². The van der Waals surface area contributed by atoms with Crippen LogP contribution in [0, 0.1) is 38.5 Å². The first-order chi connectivity index (χ1) is 30.2. The minimum Gasteiger partial charge on any atom is -0.481 e. The van der Waals surface area contributed by atoms with E-state index in [4.69, 9.17) is 22.3 Å². The van der Waals surface area contributed by atoms with E-state index in [0.29, 0.717) is 36.7 Å². The number of hydrogen-bond donors (Lipinski definition) is 5. The largest absolute Gasteiger partial charge is 0.481 e. The van der Waals surface area contributed by atoms with Gasteiger partial charge >= 0.3 is 5.97 Å². The molecule has 15 heteroatoms. The van der Waals surface area contributed by atoms with Gasteiger partial charge in [-0.05, 0) is 160 Å². The van der Waals surface area contributed by atoms with Crippen LogP contribution in [0.1, 0.15) is 131 Å². The summed E-state index contributed by atoms with van der Waals surface area (Å²) in [5.41, 5.74) is 26.7. The summed E-state index contributed by atoms with van der Waals surface area (Å²) in [6.45, 7) is 22.0. The van der Waals surface area contributed by atoms with Crippen molar-refractivity contribution >= 4 is 77.7 Å². The smallest absolute Gasteiger partial charge is 0.303 e. The Bertz CT molecular complexity index is 2130. The Labute approximate surface area is 443 Å². The van der Waals surface area contributed by atoms with Crippen LogP contribution >= 0.6 is 54.0 Å². The number of carbonyl (C=O) groups is 4. The third-order valence-electron chi connectivity index (χ3n) is 12.4. The maximum Gasteiger partial charge on any atom is 0.303 e. The van der Waals surface area contributed by atoms with E-state index < -0.39 is 11.9 Å². The fourth-order valence-electron chi connectivity index (χ4n) is 8.18. The number of nitrogens with two attached hydrogens (primary N) is 3. The molecular formula is C54H88N6O5S4. The molecule has 388 valence electrons. The number of primary amides is 2. The van der Waals surface area contributed by atoms with E-state index in [2.05, 4.69) is 68.8 Å². The molecule has 0 unspecified atom stereocenters. The van der Waals surface area contributed by atoms with Crippen LogP contribution in [0.4, 0.5) is 0 Å². The number of rotatable bonds is 17. The molecule has 0 radical (unpaired) electrons. The summed E-state index contributed by atoms with van der Waals surface area (Å²) in [4.78, 5) is 50.8. The molecule has 0 aliphatic rings. The van der Waals surface area contributed by atoms with Gasteiger partial charge in [-0.2, -0.15) is 54.0 Å². The van der Waals surface area contributed by atoms with Gasteiger partial charge in [-0.1, -0.05) is 102 Å². The number of carboxylic acid groups (broad SMARTS) is 1. The minimum atomic E-state index is -0.737. The highest BCUT2D eigenvalue weighted by molar-refractivity contribution is 7.59. The summed E-state index contributed by atoms with van der Waals surface area (Å²) in [6.07, 6.45) is 2.32. The molecule has 0 spiro atoms. The Balaban J connectivity index is -0.00000100. The number of hydrogen-bond acceptors (Lipinski definition) is 7. The van der Waals surface area contributed by atoms with E-state index in [9.17, 15) is 19.2 Å². The standard InChI is InChI=1S/C27H39N3O2.C14H23N3O.C13H18O2.4H2S/c1-18-13-21(26(28)32)14-19(2)23(18)15-22(30(6)7)17-29-25(31)16-24(27(3,4)5)20-11-9-8-10-12-20;1-9-5-11(14(16)18)6-10(2)13(9)7-12(8-15)17(3)4;1-13(2,3)11(9-12(14)15)10-7-5-4-6-8-10;;;;/h8-14,22,24H,15-17H2,1-7H3,(H2,28,32)(H,29,31);5-6,12H,7-8,15H2,1-4H3,(H2,16,18);4-8,11H,9H2,1-3H3,(H,14,15);4*1H2/t22-,24+;12-;11-;;;;/m001..../s1. The fourth-order valence-corrected chi connectivity index (χ4v) is 8.18. The van der Waals surface area contributed by atoms with Crippen molar-refractivity contribution < 1.29 is 24.3 Å². The second-order valence-electron chi connectivity index (χ2n) is 20.0. The maximum atomic E-state index is 12.9. The normalized spacial score (nSPS) is 12.6. The zero-order valence-electron chi connectivity index (χ0n) is 43.8. The highest BCUT2D eigenvalue weighted by Crippen LogP contribution is 2.38. The van der Waals surface area contributed by atoms with Crippen molar-refractivity contribution in [3.05, 3.63) is 141 Å². The number of nitrogens with zero attached hydrogens (tertiary/aromatic N) is 2. The number of amides is 3. The average Bonchev–Trinajstić information content (AvgIpc) is 3.21. The van der Waals surface area contributed by atoms with E-state index >= 15 is 0 Å². The van der Waals surface area contributed by atoms with Crippen LogP contribution in [-0.2, 0) is 22.4 Å². The van der Waals surface area contributed by atoms with Crippen LogP contribution in [-0.4, -0.2) is 92.0 Å². The summed E-state index contributed by atoms with van der Waals surface area (Å²) in [5.74, 6) is -1.25. The number of nitrogens with one attached hydrogen (secondary N) is 1. The first-order valence-electron chi connectivity index (χ1n) is 22.6. The summed E-state index contributed by atoms with van der Waals surface area (Å²) >= 11 is 0. The van der Waals surface area contributed by atoms with Crippen LogP contribution in [0.2, 0.25) is 0 Å². The number of aryl methyl sites for hydroxylation is 4. The van der Waals surface area contributed by atoms with E-state index in [-0.39, 0.29) is 101 Å². The Kier molecular flexibility index (Phi) is 32.2. The van der Waals surface area contributed by atoms with Gasteiger partial charge < -0.3 is 37.4 Å². The lowest BCUT2D eigenvalue weighted by Gasteiger charge is -2.31. The topological polar surface area (TPSA) is 185 Å². The van der Waals surface area contributed by atoms with Crippen molar-refractivity contribution in [1.29, 1.82) is 0 Å². The Hall–Kier alpha value is -3.96. The van der Waals surface area contributed by atoms with Gasteiger partial charge in [0.15, 0.2) is 0 Å². The molecule has 4 rings (SSSR count). The molecule has 4 aromatic carbocycles. The predicted molar refractivity (Wildman–Crippen MR) is 309 cm³/mol. The highest BCUT2D eigenvalue weighted by Gasteiger charge is 2.30. The SMILES string of the molecule is CC(C)(C)[C@H](CC(=O)O)c1ccccc1.Cc1cc(C(N)=O)cc(C)c1C[C@@H](CN)N(C)C.Cc1cc(C(N)=O)cc(C)c1C[C@@H](CNC(=O)C[C@H](c1ccccc1)C(C)(C)C)N(C)C.S.S.S.S. The third-order valence-corrected chi connectivity index (χ3v) is 12.4. The van der Waals surface area contributed by atoms with Gasteiger partial charge in [0.2, 0.25) is 17.7 Å². The van der Waals surface area contributed by atoms with E-state index in [1.165, 1.54) is 16.7 Å². The molecule has 0 fully saturated rings. The first-order valence-corrected chi connectivity index (χ1v) is 22.6. The van der Waals surface area contributed by atoms with Crippen LogP contribution in [0.3, 0.4) is 0 Å². The predicted octanol–water partition coefficient (Wildman–Crippen LogP) is 8.79. The molecule has 0 saturated heterocycles. The Morgan fingerprint density at radius 2 is 0.884 bits per heavy atom. The monoisotopic (exact) mass is 1030 g/mol. The molecule has 0 aliphatic heterocycles. The Morgan fingerprint density at radius 3 is 1.16 bits per heavy atom. The van der Waals surface area contributed by atoms with Crippen molar-refractivity contribution in [1.82, 2.24) is 15.1 Å². The molecule has 8 N–H and O–H groups in total. The molecular weight excluding hydrogens is 941 g/mol. The average molecular weight is 1030 g/mol. The maximum absolute atomic E-state index is 12.9. The van der Waals surface area contributed by atoms with Crippen molar-refractivity contribution in [3.8, 4) is 0 Å². The number of likely N-dealkylation sites (N-methyl/N-ethyl adjacent to an activating group) is 2. The van der Waals surface area contributed by atoms with Crippen LogP contribution < -0.4 is 22.5 Å². The van der Waals surface area contributed by atoms with E-state index in [1.54, 1.807) is 0 Å². The first kappa shape index (κ1) is 69.3. The minimum absolute atomic E-state index is 0. The highest BCUT2D eigenvalue weighted by atomic mass is 32.1. The van der Waals surface area contributed by atoms with E-state index in [0.717, 1.165) is 40.7 Å². The summed E-state index contributed by atoms with van der Waals surface area (Å²) in [7, 11) is 8.11. The van der Waals surface area contributed by atoms with Gasteiger partial charge in [-0.25, -0.2) is 0 Å². The molecule has 11 nitrogen and oxygen atoms in total. The number of carbonyl (C=O) groups excluding carboxylic acids is 3. The molecule has 3 amide bonds. The molecule has 0 heterocycles. The molecule has 0 aliphatic carbocycles. The summed E-state index contributed by atoms with van der Waals surface area (Å²) < 4.78 is 0. The molecule has 0 aromatic heterocycles. The van der Waals surface area contributed by atoms with Gasteiger partial charge in [0.25, 0.3) is 0 Å². The quantitative estimate of drug-likeness (QED) is 0.0695. The fraction of sp³-hybridized carbons (Fsp3) is 0.481.